The van der Waals surface area contributed by atoms with Crippen molar-refractivity contribution in [2.75, 3.05) is 11.5 Å². The molecule has 0 spiro atoms. The number of nitrogens with zero attached hydrogens (tertiary/aromatic N) is 2. The van der Waals surface area contributed by atoms with Gasteiger partial charge >= 0.3 is 0 Å². The van der Waals surface area contributed by atoms with Crippen LogP contribution in [0.5, 0.6) is 0 Å². The minimum atomic E-state index is 0.146. The standard InChI is InChI=1S/C12H17N3S/c13-10-4-3-8-6-14-12(15-11(8)10)9-2-1-5-16-7-9/h6,9-10H,1-5,7,13H2. The third-order valence-electron chi connectivity index (χ3n) is 3.52. The third-order valence-corrected chi connectivity index (χ3v) is 4.73. The molecule has 1 saturated heterocycles. The van der Waals surface area contributed by atoms with Crippen LogP contribution in [-0.4, -0.2) is 21.5 Å². The maximum atomic E-state index is 6.05. The second-order valence-electron chi connectivity index (χ2n) is 4.70. The average molecular weight is 235 g/mol. The highest BCUT2D eigenvalue weighted by Crippen LogP contribution is 2.32. The van der Waals surface area contributed by atoms with Crippen LogP contribution in [0, 0.1) is 0 Å². The van der Waals surface area contributed by atoms with Crippen LogP contribution in [-0.2, 0) is 6.42 Å². The summed E-state index contributed by atoms with van der Waals surface area (Å²) < 4.78 is 0. The summed E-state index contributed by atoms with van der Waals surface area (Å²) in [5.74, 6) is 4.05. The smallest absolute Gasteiger partial charge is 0.132 e. The van der Waals surface area contributed by atoms with E-state index in [4.69, 9.17) is 10.7 Å². The predicted molar refractivity (Wildman–Crippen MR) is 66.6 cm³/mol. The van der Waals surface area contributed by atoms with Gasteiger partial charge in [-0.15, -0.1) is 0 Å². The molecule has 3 nitrogen and oxygen atoms in total. The molecule has 1 aliphatic carbocycles. The van der Waals surface area contributed by atoms with E-state index in [1.54, 1.807) is 0 Å². The monoisotopic (exact) mass is 235 g/mol. The van der Waals surface area contributed by atoms with E-state index in [2.05, 4.69) is 4.98 Å². The van der Waals surface area contributed by atoms with Gasteiger partial charge in [0.15, 0.2) is 0 Å². The topological polar surface area (TPSA) is 51.8 Å². The SMILES string of the molecule is NC1CCc2cnc(C3CCCSC3)nc21. The summed E-state index contributed by atoms with van der Waals surface area (Å²) in [6.45, 7) is 0. The molecule has 4 heteroatoms. The van der Waals surface area contributed by atoms with E-state index >= 15 is 0 Å². The number of hydrogen-bond donors (Lipinski definition) is 1. The van der Waals surface area contributed by atoms with E-state index in [1.165, 1.54) is 29.9 Å². The van der Waals surface area contributed by atoms with Crippen molar-refractivity contribution in [2.24, 2.45) is 5.73 Å². The first-order valence-corrected chi connectivity index (χ1v) is 7.19. The van der Waals surface area contributed by atoms with Gasteiger partial charge in [-0.3, -0.25) is 0 Å². The Balaban J connectivity index is 1.88. The summed E-state index contributed by atoms with van der Waals surface area (Å²) in [6, 6.07) is 0.146. The molecule has 86 valence electrons. The van der Waals surface area contributed by atoms with Crippen molar-refractivity contribution in [3.8, 4) is 0 Å². The highest BCUT2D eigenvalue weighted by molar-refractivity contribution is 7.99. The van der Waals surface area contributed by atoms with Gasteiger partial charge in [-0.2, -0.15) is 11.8 Å². The average Bonchev–Trinajstić information content (AvgIpc) is 2.72. The normalized spacial score (nSPS) is 29.1. The Labute approximate surface area is 100 Å². The molecule has 0 saturated carbocycles. The van der Waals surface area contributed by atoms with Crippen molar-refractivity contribution in [1.82, 2.24) is 9.97 Å². The minimum absolute atomic E-state index is 0.146. The molecule has 2 heterocycles. The van der Waals surface area contributed by atoms with Crippen molar-refractivity contribution in [2.45, 2.75) is 37.6 Å². The maximum absolute atomic E-state index is 6.05. The number of rotatable bonds is 1. The zero-order chi connectivity index (χ0) is 11.0. The van der Waals surface area contributed by atoms with Crippen LogP contribution in [0.25, 0.3) is 0 Å². The number of aromatic nitrogens is 2. The molecule has 0 radical (unpaired) electrons. The number of fused-ring (bicyclic) bond motifs is 1. The Morgan fingerprint density at radius 1 is 1.38 bits per heavy atom. The molecular formula is C12H17N3S. The molecule has 1 aromatic heterocycles. The number of hydrogen-bond acceptors (Lipinski definition) is 4. The van der Waals surface area contributed by atoms with Gasteiger partial charge in [0.05, 0.1) is 5.69 Å². The molecule has 0 bridgehead atoms. The quantitative estimate of drug-likeness (QED) is 0.809. The Bertz CT molecular complexity index is 388. The van der Waals surface area contributed by atoms with Gasteiger partial charge in [0, 0.05) is 23.9 Å². The predicted octanol–water partition coefficient (Wildman–Crippen LogP) is 2.03. The minimum Gasteiger partial charge on any atom is -0.323 e. The Morgan fingerprint density at radius 2 is 2.31 bits per heavy atom. The van der Waals surface area contributed by atoms with Crippen LogP contribution in [0.1, 0.15) is 48.3 Å². The van der Waals surface area contributed by atoms with Gasteiger partial charge in [0.2, 0.25) is 0 Å². The number of thioether (sulfide) groups is 1. The summed E-state index contributed by atoms with van der Waals surface area (Å²) in [5.41, 5.74) is 8.42. The first kappa shape index (κ1) is 10.5. The lowest BCUT2D eigenvalue weighted by atomic mass is 10.0. The molecule has 1 aliphatic heterocycles. The van der Waals surface area contributed by atoms with Gasteiger partial charge in [-0.25, -0.2) is 9.97 Å². The van der Waals surface area contributed by atoms with Gasteiger partial charge in [0.1, 0.15) is 5.82 Å². The molecule has 3 rings (SSSR count). The molecule has 0 aromatic carbocycles. The molecule has 2 unspecified atom stereocenters. The van der Waals surface area contributed by atoms with Crippen molar-refractivity contribution in [3.63, 3.8) is 0 Å². The maximum Gasteiger partial charge on any atom is 0.132 e. The lowest BCUT2D eigenvalue weighted by Crippen LogP contribution is -2.15. The summed E-state index contributed by atoms with van der Waals surface area (Å²) >= 11 is 2.02. The molecule has 2 atom stereocenters. The largest absolute Gasteiger partial charge is 0.323 e. The molecule has 2 N–H and O–H groups in total. The van der Waals surface area contributed by atoms with Crippen LogP contribution < -0.4 is 5.73 Å². The van der Waals surface area contributed by atoms with E-state index in [0.29, 0.717) is 5.92 Å². The van der Waals surface area contributed by atoms with Crippen molar-refractivity contribution >= 4 is 11.8 Å². The fourth-order valence-corrected chi connectivity index (χ4v) is 3.67. The second kappa shape index (κ2) is 4.34. The van der Waals surface area contributed by atoms with Gasteiger partial charge in [0.25, 0.3) is 0 Å². The fourth-order valence-electron chi connectivity index (χ4n) is 2.54. The second-order valence-corrected chi connectivity index (χ2v) is 5.85. The first-order chi connectivity index (χ1) is 7.84. The molecular weight excluding hydrogens is 218 g/mol. The van der Waals surface area contributed by atoms with Gasteiger partial charge in [-0.1, -0.05) is 0 Å². The lowest BCUT2D eigenvalue weighted by Gasteiger charge is -2.20. The van der Waals surface area contributed by atoms with E-state index in [9.17, 15) is 0 Å². The van der Waals surface area contributed by atoms with Crippen molar-refractivity contribution < 1.29 is 0 Å². The number of nitrogens with two attached hydrogens (primary N) is 1. The zero-order valence-corrected chi connectivity index (χ0v) is 10.2. The molecule has 0 amide bonds. The highest BCUT2D eigenvalue weighted by atomic mass is 32.2. The van der Waals surface area contributed by atoms with E-state index in [0.717, 1.165) is 24.4 Å². The molecule has 1 aromatic rings. The lowest BCUT2D eigenvalue weighted by molar-refractivity contribution is 0.612. The van der Waals surface area contributed by atoms with Gasteiger partial charge in [-0.05, 0) is 37.0 Å². The van der Waals surface area contributed by atoms with Crippen LogP contribution >= 0.6 is 11.8 Å². The first-order valence-electron chi connectivity index (χ1n) is 6.03. The van der Waals surface area contributed by atoms with Crippen LogP contribution in [0.3, 0.4) is 0 Å². The van der Waals surface area contributed by atoms with Crippen molar-refractivity contribution in [1.29, 1.82) is 0 Å². The van der Waals surface area contributed by atoms with Crippen LogP contribution in [0.2, 0.25) is 0 Å². The van der Waals surface area contributed by atoms with Crippen molar-refractivity contribution in [3.05, 3.63) is 23.3 Å². The Kier molecular flexibility index (Phi) is 2.86. The van der Waals surface area contributed by atoms with E-state index in [1.807, 2.05) is 18.0 Å². The van der Waals surface area contributed by atoms with Crippen LogP contribution in [0.4, 0.5) is 0 Å². The van der Waals surface area contributed by atoms with E-state index in [-0.39, 0.29) is 6.04 Å². The zero-order valence-electron chi connectivity index (χ0n) is 9.35. The summed E-state index contributed by atoms with van der Waals surface area (Å²) in [5, 5.41) is 0. The highest BCUT2D eigenvalue weighted by Gasteiger charge is 2.24. The van der Waals surface area contributed by atoms with Crippen LogP contribution in [0.15, 0.2) is 6.20 Å². The molecule has 1 fully saturated rings. The Hall–Kier alpha value is -0.610. The molecule has 2 aliphatic rings. The fraction of sp³-hybridized carbons (Fsp3) is 0.667. The number of aryl methyl sites for hydroxylation is 1. The molecule has 16 heavy (non-hydrogen) atoms. The summed E-state index contributed by atoms with van der Waals surface area (Å²) in [6.07, 6.45) is 6.62. The van der Waals surface area contributed by atoms with E-state index < -0.39 is 0 Å². The third kappa shape index (κ3) is 1.84. The summed E-state index contributed by atoms with van der Waals surface area (Å²) in [4.78, 5) is 9.24. The summed E-state index contributed by atoms with van der Waals surface area (Å²) in [7, 11) is 0. The van der Waals surface area contributed by atoms with Gasteiger partial charge < -0.3 is 5.73 Å². The Morgan fingerprint density at radius 3 is 3.12 bits per heavy atom.